The van der Waals surface area contributed by atoms with Crippen LogP contribution in [0.4, 0.5) is 13.2 Å². The fourth-order valence-electron chi connectivity index (χ4n) is 3.37. The van der Waals surface area contributed by atoms with Gasteiger partial charge in [0.15, 0.2) is 0 Å². The molecule has 0 unspecified atom stereocenters. The average molecular weight is 585 g/mol. The Bertz CT molecular complexity index is 1440. The van der Waals surface area contributed by atoms with Crippen LogP contribution in [0, 0.1) is 3.57 Å². The van der Waals surface area contributed by atoms with E-state index in [2.05, 4.69) is 9.97 Å². The largest absolute Gasteiger partial charge is 0.501 e. The average Bonchev–Trinajstić information content (AvgIpc) is 3.28. The van der Waals surface area contributed by atoms with Gasteiger partial charge in [-0.1, -0.05) is 18.2 Å². The molecule has 0 bridgehead atoms. The van der Waals surface area contributed by atoms with Gasteiger partial charge in [0.1, 0.15) is 5.75 Å². The van der Waals surface area contributed by atoms with Gasteiger partial charge >= 0.3 is 5.51 Å². The minimum absolute atomic E-state index is 0.261. The van der Waals surface area contributed by atoms with Gasteiger partial charge in [-0.2, -0.15) is 13.2 Å². The molecule has 4 aromatic rings. The van der Waals surface area contributed by atoms with E-state index in [1.54, 1.807) is 58.8 Å². The third kappa shape index (κ3) is 4.34. The number of hydrogen-bond donors (Lipinski definition) is 0. The number of nitrogens with zero attached hydrogens (tertiary/aromatic N) is 3. The molecule has 4 rings (SSSR count). The summed E-state index contributed by atoms with van der Waals surface area (Å²) in [7, 11) is -3.96. The maximum absolute atomic E-state index is 13.2. The molecule has 0 aliphatic heterocycles. The summed E-state index contributed by atoms with van der Waals surface area (Å²) in [6, 6.07) is 12.7. The number of imidazole rings is 1. The number of halogens is 4. The second kappa shape index (κ2) is 8.78. The number of aromatic nitrogens is 3. The van der Waals surface area contributed by atoms with Crippen molar-refractivity contribution in [3.63, 3.8) is 0 Å². The minimum atomic E-state index is -5.51. The van der Waals surface area contributed by atoms with Gasteiger partial charge in [0.25, 0.3) is 9.84 Å². The van der Waals surface area contributed by atoms with Crippen LogP contribution in [0.5, 0.6) is 5.75 Å². The number of sulfone groups is 1. The zero-order valence-electron chi connectivity index (χ0n) is 16.9. The molecule has 0 N–H and O–H groups in total. The fourth-order valence-corrected chi connectivity index (χ4v) is 5.09. The van der Waals surface area contributed by atoms with Crippen LogP contribution in [0.15, 0.2) is 78.3 Å². The van der Waals surface area contributed by atoms with Crippen LogP contribution < -0.4 is 4.74 Å². The van der Waals surface area contributed by atoms with Crippen LogP contribution in [-0.2, 0) is 9.84 Å². The Balaban J connectivity index is 1.91. The van der Waals surface area contributed by atoms with Crippen LogP contribution in [0.1, 0.15) is 0 Å². The summed E-state index contributed by atoms with van der Waals surface area (Å²) in [5.41, 5.74) is -2.63. The van der Waals surface area contributed by atoms with Gasteiger partial charge in [-0.3, -0.25) is 9.55 Å². The van der Waals surface area contributed by atoms with Gasteiger partial charge in [-0.15, -0.1) is 0 Å². The zero-order valence-corrected chi connectivity index (χ0v) is 19.9. The molecule has 2 aromatic heterocycles. The molecule has 2 aromatic carbocycles. The summed E-state index contributed by atoms with van der Waals surface area (Å²) in [4.78, 5) is 7.51. The van der Waals surface area contributed by atoms with Crippen LogP contribution in [0.25, 0.3) is 28.1 Å². The van der Waals surface area contributed by atoms with Crippen molar-refractivity contribution in [2.24, 2.45) is 0 Å². The molecule has 0 fully saturated rings. The molecule has 0 radical (unpaired) electrons. The Morgan fingerprint density at radius 3 is 2.48 bits per heavy atom. The summed E-state index contributed by atoms with van der Waals surface area (Å²) >= 11 is 1.79. The Labute approximate surface area is 201 Å². The van der Waals surface area contributed by atoms with E-state index in [0.717, 1.165) is 23.3 Å². The summed E-state index contributed by atoms with van der Waals surface area (Å²) in [6.07, 6.45) is 6.15. The molecule has 33 heavy (non-hydrogen) atoms. The van der Waals surface area contributed by atoms with Crippen molar-refractivity contribution in [2.45, 2.75) is 10.4 Å². The number of methoxy groups -OCH3 is 1. The first kappa shape index (κ1) is 23.2. The molecule has 2 heterocycles. The van der Waals surface area contributed by atoms with E-state index in [9.17, 15) is 21.6 Å². The van der Waals surface area contributed by atoms with E-state index in [0.29, 0.717) is 20.7 Å². The number of pyridine rings is 1. The number of benzene rings is 2. The molecule has 0 spiro atoms. The van der Waals surface area contributed by atoms with Gasteiger partial charge in [-0.05, 0) is 52.9 Å². The maximum Gasteiger partial charge on any atom is 0.501 e. The SMILES string of the molecule is COc1ccccc1-c1ccncc1-n1cncc1-c1cc(I)cc(S(=O)(=O)C(F)(F)F)c1. The number of rotatable bonds is 5. The topological polar surface area (TPSA) is 74.1 Å². The monoisotopic (exact) mass is 585 g/mol. The first-order chi connectivity index (χ1) is 15.6. The summed E-state index contributed by atoms with van der Waals surface area (Å²) in [5.74, 6) is 0.624. The lowest BCUT2D eigenvalue weighted by molar-refractivity contribution is -0.0436. The minimum Gasteiger partial charge on any atom is -0.496 e. The zero-order chi connectivity index (χ0) is 23.8. The number of para-hydroxylation sites is 1. The molecule has 0 aliphatic rings. The Morgan fingerprint density at radius 2 is 1.76 bits per heavy atom. The highest BCUT2D eigenvalue weighted by atomic mass is 127. The first-order valence-corrected chi connectivity index (χ1v) is 11.9. The van der Waals surface area contributed by atoms with Gasteiger partial charge in [0, 0.05) is 26.5 Å². The molecule has 0 saturated carbocycles. The summed E-state index contributed by atoms with van der Waals surface area (Å²) < 4.78 is 70.9. The molecule has 170 valence electrons. The quantitative estimate of drug-likeness (QED) is 0.289. The van der Waals surface area contributed by atoms with Crippen molar-refractivity contribution in [3.8, 4) is 33.8 Å². The van der Waals surface area contributed by atoms with E-state index in [1.807, 2.05) is 24.3 Å². The normalized spacial score (nSPS) is 12.0. The van der Waals surface area contributed by atoms with E-state index in [-0.39, 0.29) is 5.56 Å². The molecular formula is C22H15F3IN3O3S. The molecule has 0 aliphatic carbocycles. The van der Waals surface area contributed by atoms with Crippen LogP contribution in [0.3, 0.4) is 0 Å². The van der Waals surface area contributed by atoms with E-state index < -0.39 is 20.2 Å². The van der Waals surface area contributed by atoms with E-state index >= 15 is 0 Å². The number of ether oxygens (including phenoxy) is 1. The maximum atomic E-state index is 13.2. The highest BCUT2D eigenvalue weighted by Gasteiger charge is 2.47. The van der Waals surface area contributed by atoms with Crippen molar-refractivity contribution >= 4 is 32.4 Å². The van der Waals surface area contributed by atoms with Gasteiger partial charge in [0.2, 0.25) is 0 Å². The molecule has 6 nitrogen and oxygen atoms in total. The summed E-state index contributed by atoms with van der Waals surface area (Å²) in [5, 5.41) is 0. The third-order valence-electron chi connectivity index (χ3n) is 4.88. The van der Waals surface area contributed by atoms with Gasteiger partial charge in [0.05, 0.1) is 42.1 Å². The smallest absolute Gasteiger partial charge is 0.496 e. The Kier molecular flexibility index (Phi) is 6.18. The lowest BCUT2D eigenvalue weighted by Crippen LogP contribution is -2.23. The molecule has 0 atom stereocenters. The lowest BCUT2D eigenvalue weighted by atomic mass is 10.0. The highest BCUT2D eigenvalue weighted by molar-refractivity contribution is 14.1. The standard InChI is InChI=1S/C22H15F3IN3O3S/c1-32-21-5-3-2-4-18(21)17-6-7-27-12-20(17)29-13-28-11-19(29)14-8-15(26)10-16(9-14)33(30,31)22(23,24)25/h2-13H,1H3. The summed E-state index contributed by atoms with van der Waals surface area (Å²) in [6.45, 7) is 0. The second-order valence-electron chi connectivity index (χ2n) is 6.87. The van der Waals surface area contributed by atoms with Crippen molar-refractivity contribution in [2.75, 3.05) is 7.11 Å². The first-order valence-electron chi connectivity index (χ1n) is 9.36. The van der Waals surface area contributed by atoms with E-state index in [4.69, 9.17) is 4.74 Å². The highest BCUT2D eigenvalue weighted by Crippen LogP contribution is 2.37. The third-order valence-corrected chi connectivity index (χ3v) is 6.97. The van der Waals surface area contributed by atoms with Crippen molar-refractivity contribution < 1.29 is 26.3 Å². The number of hydrogen-bond acceptors (Lipinski definition) is 5. The van der Waals surface area contributed by atoms with Crippen molar-refractivity contribution in [1.82, 2.24) is 14.5 Å². The second-order valence-corrected chi connectivity index (χ2v) is 10.1. The van der Waals surface area contributed by atoms with E-state index in [1.165, 1.54) is 12.5 Å². The molecule has 0 amide bonds. The Hall–Kier alpha value is -2.93. The fraction of sp³-hybridized carbons (Fsp3) is 0.0909. The van der Waals surface area contributed by atoms with Crippen molar-refractivity contribution in [3.05, 3.63) is 77.0 Å². The molecule has 11 heteroatoms. The molecule has 0 saturated heterocycles. The van der Waals surface area contributed by atoms with Crippen LogP contribution in [0.2, 0.25) is 0 Å². The van der Waals surface area contributed by atoms with Crippen LogP contribution in [-0.4, -0.2) is 35.6 Å². The predicted molar refractivity (Wildman–Crippen MR) is 125 cm³/mol. The Morgan fingerprint density at radius 1 is 1.00 bits per heavy atom. The predicted octanol–water partition coefficient (Wildman–Crippen LogP) is 5.51. The van der Waals surface area contributed by atoms with Gasteiger partial charge < -0.3 is 4.74 Å². The van der Waals surface area contributed by atoms with Crippen molar-refractivity contribution in [1.29, 1.82) is 0 Å². The molecular weight excluding hydrogens is 570 g/mol. The van der Waals surface area contributed by atoms with Gasteiger partial charge in [-0.25, -0.2) is 13.4 Å². The van der Waals surface area contributed by atoms with Crippen LogP contribution >= 0.6 is 22.6 Å². The lowest BCUT2D eigenvalue weighted by Gasteiger charge is -2.16. The number of alkyl halides is 3.